The van der Waals surface area contributed by atoms with Gasteiger partial charge in [-0.05, 0) is 74.1 Å². The maximum atomic E-state index is 13.1. The molecule has 1 saturated carbocycles. The summed E-state index contributed by atoms with van der Waals surface area (Å²) >= 11 is 6.13. The Hall–Kier alpha value is -3.26. The van der Waals surface area contributed by atoms with Crippen molar-refractivity contribution in [1.29, 1.82) is 0 Å². The molecular formula is C25H28ClN3O5. The van der Waals surface area contributed by atoms with Crippen molar-refractivity contribution in [3.05, 3.63) is 47.5 Å². The van der Waals surface area contributed by atoms with Gasteiger partial charge in [-0.25, -0.2) is 4.79 Å². The summed E-state index contributed by atoms with van der Waals surface area (Å²) in [6.07, 6.45) is 4.03. The van der Waals surface area contributed by atoms with Crippen LogP contribution in [0.3, 0.4) is 0 Å². The lowest BCUT2D eigenvalue weighted by molar-refractivity contribution is -0.135. The summed E-state index contributed by atoms with van der Waals surface area (Å²) < 4.78 is 11.0. The van der Waals surface area contributed by atoms with E-state index in [4.69, 9.17) is 21.1 Å². The summed E-state index contributed by atoms with van der Waals surface area (Å²) in [5, 5.41) is 5.97. The number of methoxy groups -OCH3 is 1. The van der Waals surface area contributed by atoms with Gasteiger partial charge in [0.1, 0.15) is 23.6 Å². The molecular weight excluding hydrogens is 458 g/mol. The zero-order chi connectivity index (χ0) is 24.3. The number of rotatable bonds is 7. The average molecular weight is 486 g/mol. The number of amides is 4. The number of urea groups is 1. The van der Waals surface area contributed by atoms with E-state index < -0.39 is 24.0 Å². The quantitative estimate of drug-likeness (QED) is 0.539. The topological polar surface area (TPSA) is 97.0 Å². The second-order valence-corrected chi connectivity index (χ2v) is 9.16. The van der Waals surface area contributed by atoms with Gasteiger partial charge in [-0.3, -0.25) is 14.5 Å². The van der Waals surface area contributed by atoms with E-state index in [-0.39, 0.29) is 5.91 Å². The van der Waals surface area contributed by atoms with Crippen molar-refractivity contribution in [2.45, 2.75) is 44.6 Å². The monoisotopic (exact) mass is 485 g/mol. The molecule has 8 nitrogen and oxygen atoms in total. The standard InChI is InChI=1S/C25H28ClN3O5/c1-3-16-10-12-25(13-11-16)23(31)29(24(32)28-25)15-22(30)27-20-14-17(26)4-9-21(20)34-19-7-5-18(33-2)6-8-19/h4-9,14,16H,3,10-13,15H2,1-2H3,(H,27,30)(H,28,32). The van der Waals surface area contributed by atoms with E-state index in [9.17, 15) is 14.4 Å². The number of hydrogen-bond acceptors (Lipinski definition) is 5. The van der Waals surface area contributed by atoms with Crippen LogP contribution in [0.4, 0.5) is 10.5 Å². The number of anilines is 1. The number of nitrogens with one attached hydrogen (secondary N) is 2. The van der Waals surface area contributed by atoms with Crippen LogP contribution < -0.4 is 20.1 Å². The van der Waals surface area contributed by atoms with Crippen molar-refractivity contribution in [3.63, 3.8) is 0 Å². The first-order valence-corrected chi connectivity index (χ1v) is 11.8. The Morgan fingerprint density at radius 3 is 2.47 bits per heavy atom. The number of halogens is 1. The molecule has 34 heavy (non-hydrogen) atoms. The molecule has 0 atom stereocenters. The summed E-state index contributed by atoms with van der Waals surface area (Å²) in [5.74, 6) is 1.31. The molecule has 9 heteroatoms. The molecule has 4 amide bonds. The molecule has 2 aromatic rings. The predicted molar refractivity (Wildman–Crippen MR) is 128 cm³/mol. The van der Waals surface area contributed by atoms with E-state index in [1.54, 1.807) is 49.6 Å². The number of benzene rings is 2. The van der Waals surface area contributed by atoms with E-state index in [1.807, 2.05) is 0 Å². The van der Waals surface area contributed by atoms with E-state index in [2.05, 4.69) is 17.6 Å². The van der Waals surface area contributed by atoms with E-state index >= 15 is 0 Å². The van der Waals surface area contributed by atoms with Gasteiger partial charge in [0.25, 0.3) is 5.91 Å². The van der Waals surface area contributed by atoms with Crippen molar-refractivity contribution in [3.8, 4) is 17.2 Å². The number of carbonyl (C=O) groups is 3. The summed E-state index contributed by atoms with van der Waals surface area (Å²) in [6, 6.07) is 11.3. The second kappa shape index (κ2) is 9.93. The Labute approximate surface area is 203 Å². The average Bonchev–Trinajstić information content (AvgIpc) is 3.05. The van der Waals surface area contributed by atoms with Gasteiger partial charge >= 0.3 is 6.03 Å². The lowest BCUT2D eigenvalue weighted by Gasteiger charge is -2.34. The van der Waals surface area contributed by atoms with Gasteiger partial charge in [0.05, 0.1) is 12.8 Å². The third kappa shape index (κ3) is 4.97. The number of carbonyl (C=O) groups excluding carboxylic acids is 3. The zero-order valence-corrected chi connectivity index (χ0v) is 20.0. The highest BCUT2D eigenvalue weighted by atomic mass is 35.5. The number of hydrogen-bond donors (Lipinski definition) is 2. The Bertz CT molecular complexity index is 1080. The Balaban J connectivity index is 1.44. The van der Waals surface area contributed by atoms with Crippen LogP contribution in [0.15, 0.2) is 42.5 Å². The summed E-state index contributed by atoms with van der Waals surface area (Å²) in [4.78, 5) is 39.5. The third-order valence-electron chi connectivity index (χ3n) is 6.59. The van der Waals surface area contributed by atoms with Crippen LogP contribution in [0.2, 0.25) is 5.02 Å². The first-order valence-electron chi connectivity index (χ1n) is 11.4. The first kappa shape index (κ1) is 23.9. The van der Waals surface area contributed by atoms with Crippen molar-refractivity contribution < 1.29 is 23.9 Å². The molecule has 2 N–H and O–H groups in total. The molecule has 1 heterocycles. The molecule has 2 aromatic carbocycles. The van der Waals surface area contributed by atoms with E-state index in [0.29, 0.717) is 46.7 Å². The number of imide groups is 1. The molecule has 1 aliphatic carbocycles. The van der Waals surface area contributed by atoms with Crippen molar-refractivity contribution in [2.75, 3.05) is 19.0 Å². The van der Waals surface area contributed by atoms with Gasteiger partial charge in [0.15, 0.2) is 5.75 Å². The minimum Gasteiger partial charge on any atom is -0.497 e. The molecule has 1 saturated heterocycles. The van der Waals surface area contributed by atoms with Gasteiger partial charge in [-0.1, -0.05) is 24.9 Å². The van der Waals surface area contributed by atoms with Gasteiger partial charge in [0, 0.05) is 5.02 Å². The lowest BCUT2D eigenvalue weighted by atomic mass is 9.75. The van der Waals surface area contributed by atoms with Gasteiger partial charge < -0.3 is 20.1 Å². The number of ether oxygens (including phenoxy) is 2. The molecule has 2 fully saturated rings. The predicted octanol–water partition coefficient (Wildman–Crippen LogP) is 4.97. The van der Waals surface area contributed by atoms with E-state index in [1.165, 1.54) is 0 Å². The molecule has 0 aromatic heterocycles. The van der Waals surface area contributed by atoms with Crippen LogP contribution in [0.5, 0.6) is 17.2 Å². The molecule has 1 aliphatic heterocycles. The van der Waals surface area contributed by atoms with Gasteiger partial charge in [-0.2, -0.15) is 0 Å². The fraction of sp³-hybridized carbons (Fsp3) is 0.400. The number of nitrogens with zero attached hydrogens (tertiary/aromatic N) is 1. The van der Waals surface area contributed by atoms with Crippen LogP contribution in [0.1, 0.15) is 39.0 Å². The lowest BCUT2D eigenvalue weighted by Crippen LogP contribution is -2.49. The maximum absolute atomic E-state index is 13.1. The van der Waals surface area contributed by atoms with Crippen molar-refractivity contribution >= 4 is 35.1 Å². The van der Waals surface area contributed by atoms with Crippen LogP contribution in [0, 0.1) is 5.92 Å². The van der Waals surface area contributed by atoms with Crippen LogP contribution in [0.25, 0.3) is 0 Å². The molecule has 0 radical (unpaired) electrons. The van der Waals surface area contributed by atoms with Crippen LogP contribution in [-0.4, -0.2) is 41.9 Å². The van der Waals surface area contributed by atoms with E-state index in [0.717, 1.165) is 24.2 Å². The van der Waals surface area contributed by atoms with Crippen molar-refractivity contribution in [1.82, 2.24) is 10.2 Å². The highest BCUT2D eigenvalue weighted by molar-refractivity contribution is 6.31. The van der Waals surface area contributed by atoms with Crippen LogP contribution >= 0.6 is 11.6 Å². The van der Waals surface area contributed by atoms with Gasteiger partial charge in [-0.15, -0.1) is 0 Å². The Morgan fingerprint density at radius 2 is 1.82 bits per heavy atom. The fourth-order valence-corrected chi connectivity index (χ4v) is 4.70. The SMILES string of the molecule is CCC1CCC2(CC1)NC(=O)N(CC(=O)Nc1cc(Cl)ccc1Oc1ccc(OC)cc1)C2=O. The second-order valence-electron chi connectivity index (χ2n) is 8.72. The van der Waals surface area contributed by atoms with Gasteiger partial charge in [0.2, 0.25) is 5.91 Å². The molecule has 0 bridgehead atoms. The smallest absolute Gasteiger partial charge is 0.325 e. The Morgan fingerprint density at radius 1 is 1.15 bits per heavy atom. The molecule has 0 unspecified atom stereocenters. The summed E-state index contributed by atoms with van der Waals surface area (Å²) in [6.45, 7) is 1.74. The van der Waals surface area contributed by atoms with Crippen LogP contribution in [-0.2, 0) is 9.59 Å². The molecule has 180 valence electrons. The maximum Gasteiger partial charge on any atom is 0.325 e. The molecule has 4 rings (SSSR count). The highest BCUT2D eigenvalue weighted by Crippen LogP contribution is 2.38. The highest BCUT2D eigenvalue weighted by Gasteiger charge is 2.52. The molecule has 2 aliphatic rings. The normalized spacial score (nSPS) is 22.0. The molecule has 1 spiro atoms. The summed E-state index contributed by atoms with van der Waals surface area (Å²) in [5.41, 5.74) is -0.555. The fourth-order valence-electron chi connectivity index (χ4n) is 4.53. The largest absolute Gasteiger partial charge is 0.497 e. The Kier molecular flexibility index (Phi) is 6.97. The first-order chi connectivity index (χ1) is 16.3. The summed E-state index contributed by atoms with van der Waals surface area (Å²) in [7, 11) is 1.58. The third-order valence-corrected chi connectivity index (χ3v) is 6.82. The van der Waals surface area contributed by atoms with Crippen molar-refractivity contribution in [2.24, 2.45) is 5.92 Å². The minimum absolute atomic E-state index is 0.331. The zero-order valence-electron chi connectivity index (χ0n) is 19.2. The minimum atomic E-state index is -0.887.